The van der Waals surface area contributed by atoms with E-state index in [1.165, 1.54) is 30.5 Å². The third-order valence-corrected chi connectivity index (χ3v) is 2.76. The first-order chi connectivity index (χ1) is 6.27. The van der Waals surface area contributed by atoms with Crippen LogP contribution in [0.5, 0.6) is 0 Å². The maximum atomic E-state index is 4.44. The van der Waals surface area contributed by atoms with Gasteiger partial charge in [-0.3, -0.25) is 4.68 Å². The van der Waals surface area contributed by atoms with Gasteiger partial charge in [-0.25, -0.2) is 0 Å². The minimum absolute atomic E-state index is 0.919. The Hall–Kier alpha value is -0.310. The molecule has 0 aromatic carbocycles. The Morgan fingerprint density at radius 2 is 2.23 bits per heavy atom. The molecule has 0 amide bonds. The average Bonchev–Trinajstić information content (AvgIpc) is 2.47. The largest absolute Gasteiger partial charge is 0.275 e. The molecule has 0 atom stereocenters. The van der Waals surface area contributed by atoms with Crippen LogP contribution in [0.4, 0.5) is 0 Å². The van der Waals surface area contributed by atoms with Crippen LogP contribution in [0.1, 0.15) is 37.4 Å². The van der Waals surface area contributed by atoms with Crippen LogP contribution in [-0.4, -0.2) is 9.78 Å². The number of aryl methyl sites for hydroxylation is 2. The Bertz CT molecular complexity index is 255. The Morgan fingerprint density at radius 3 is 2.85 bits per heavy atom. The standard InChI is InChI=1S/C10H17BrN2/c1-3-4-5-6-10-9(7-11)8-13(2)12-10/h8H,3-7H2,1-2H3. The molecule has 1 rings (SSSR count). The zero-order valence-electron chi connectivity index (χ0n) is 8.39. The van der Waals surface area contributed by atoms with Crippen LogP contribution in [0.15, 0.2) is 6.20 Å². The fourth-order valence-electron chi connectivity index (χ4n) is 1.45. The third kappa shape index (κ3) is 3.14. The second kappa shape index (κ2) is 5.43. The summed E-state index contributed by atoms with van der Waals surface area (Å²) in [5, 5.41) is 5.36. The topological polar surface area (TPSA) is 17.8 Å². The number of nitrogens with zero attached hydrogens (tertiary/aromatic N) is 2. The third-order valence-electron chi connectivity index (χ3n) is 2.15. The normalized spacial score (nSPS) is 10.7. The van der Waals surface area contributed by atoms with Crippen molar-refractivity contribution < 1.29 is 0 Å². The van der Waals surface area contributed by atoms with E-state index in [1.54, 1.807) is 0 Å². The van der Waals surface area contributed by atoms with Crippen molar-refractivity contribution >= 4 is 15.9 Å². The van der Waals surface area contributed by atoms with E-state index in [0.717, 1.165) is 11.8 Å². The van der Waals surface area contributed by atoms with Crippen LogP contribution in [-0.2, 0) is 18.8 Å². The first-order valence-electron chi connectivity index (χ1n) is 4.85. The maximum absolute atomic E-state index is 4.44. The van der Waals surface area contributed by atoms with E-state index >= 15 is 0 Å². The summed E-state index contributed by atoms with van der Waals surface area (Å²) in [4.78, 5) is 0. The lowest BCUT2D eigenvalue weighted by atomic mass is 10.1. The van der Waals surface area contributed by atoms with E-state index < -0.39 is 0 Å². The SMILES string of the molecule is CCCCCc1nn(C)cc1CBr. The summed E-state index contributed by atoms with van der Waals surface area (Å²) in [5.41, 5.74) is 2.59. The molecule has 0 aliphatic heterocycles. The van der Waals surface area contributed by atoms with Crippen LogP contribution >= 0.6 is 15.9 Å². The highest BCUT2D eigenvalue weighted by atomic mass is 79.9. The quantitative estimate of drug-likeness (QED) is 0.576. The summed E-state index contributed by atoms with van der Waals surface area (Å²) in [6, 6.07) is 0. The number of rotatable bonds is 5. The van der Waals surface area contributed by atoms with E-state index in [4.69, 9.17) is 0 Å². The van der Waals surface area contributed by atoms with Gasteiger partial charge in [0.15, 0.2) is 0 Å². The molecule has 0 saturated carbocycles. The van der Waals surface area contributed by atoms with Gasteiger partial charge >= 0.3 is 0 Å². The van der Waals surface area contributed by atoms with Gasteiger partial charge in [0.1, 0.15) is 0 Å². The monoisotopic (exact) mass is 244 g/mol. The zero-order chi connectivity index (χ0) is 9.68. The van der Waals surface area contributed by atoms with Gasteiger partial charge in [0.2, 0.25) is 0 Å². The summed E-state index contributed by atoms with van der Waals surface area (Å²) >= 11 is 3.48. The Labute approximate surface area is 88.5 Å². The molecule has 0 fully saturated rings. The second-order valence-corrected chi connectivity index (χ2v) is 3.93. The molecule has 3 heteroatoms. The van der Waals surface area contributed by atoms with E-state index in [9.17, 15) is 0 Å². The second-order valence-electron chi connectivity index (χ2n) is 3.37. The summed E-state index contributed by atoms with van der Waals surface area (Å²) in [7, 11) is 1.98. The highest BCUT2D eigenvalue weighted by molar-refractivity contribution is 9.08. The molecule has 1 heterocycles. The molecular weight excluding hydrogens is 228 g/mol. The Balaban J connectivity index is 2.53. The summed E-state index contributed by atoms with van der Waals surface area (Å²) in [6.45, 7) is 2.23. The van der Waals surface area contributed by atoms with E-state index in [1.807, 2.05) is 11.7 Å². The average molecular weight is 245 g/mol. The van der Waals surface area contributed by atoms with Crippen LogP contribution in [0.3, 0.4) is 0 Å². The van der Waals surface area contributed by atoms with Gasteiger partial charge < -0.3 is 0 Å². The lowest BCUT2D eigenvalue weighted by Crippen LogP contribution is -1.92. The van der Waals surface area contributed by atoms with Gasteiger partial charge in [-0.15, -0.1) is 0 Å². The summed E-state index contributed by atoms with van der Waals surface area (Å²) < 4.78 is 1.90. The van der Waals surface area contributed by atoms with Gasteiger partial charge in [-0.05, 0) is 12.8 Å². The molecule has 13 heavy (non-hydrogen) atoms. The lowest BCUT2D eigenvalue weighted by Gasteiger charge is -1.97. The van der Waals surface area contributed by atoms with Gasteiger partial charge in [0.25, 0.3) is 0 Å². The van der Waals surface area contributed by atoms with Crippen molar-refractivity contribution in [3.05, 3.63) is 17.5 Å². The van der Waals surface area contributed by atoms with E-state index in [0.29, 0.717) is 0 Å². The molecule has 0 aliphatic rings. The van der Waals surface area contributed by atoms with Gasteiger partial charge in [0, 0.05) is 24.1 Å². The molecule has 2 nitrogen and oxygen atoms in total. The number of hydrogen-bond acceptors (Lipinski definition) is 1. The number of aromatic nitrogens is 2. The smallest absolute Gasteiger partial charge is 0.0664 e. The van der Waals surface area contributed by atoms with E-state index in [2.05, 4.69) is 34.1 Å². The molecule has 0 bridgehead atoms. The molecule has 74 valence electrons. The lowest BCUT2D eigenvalue weighted by molar-refractivity contribution is 0.681. The van der Waals surface area contributed by atoms with E-state index in [-0.39, 0.29) is 0 Å². The van der Waals surface area contributed by atoms with Crippen LogP contribution < -0.4 is 0 Å². The zero-order valence-corrected chi connectivity index (χ0v) is 9.97. The number of hydrogen-bond donors (Lipinski definition) is 0. The molecule has 0 radical (unpaired) electrons. The van der Waals surface area contributed by atoms with Crippen molar-refractivity contribution in [3.63, 3.8) is 0 Å². The number of unbranched alkanes of at least 4 members (excludes halogenated alkanes) is 2. The Morgan fingerprint density at radius 1 is 1.46 bits per heavy atom. The molecule has 0 N–H and O–H groups in total. The highest BCUT2D eigenvalue weighted by Gasteiger charge is 2.05. The predicted octanol–water partition coefficient (Wildman–Crippen LogP) is 3.05. The number of alkyl halides is 1. The highest BCUT2D eigenvalue weighted by Crippen LogP contribution is 2.13. The van der Waals surface area contributed by atoms with Gasteiger partial charge in [0.05, 0.1) is 5.69 Å². The Kier molecular flexibility index (Phi) is 4.50. The van der Waals surface area contributed by atoms with Crippen molar-refractivity contribution in [3.8, 4) is 0 Å². The molecule has 0 unspecified atom stereocenters. The summed E-state index contributed by atoms with van der Waals surface area (Å²) in [5.74, 6) is 0. The van der Waals surface area contributed by atoms with Crippen molar-refractivity contribution in [2.24, 2.45) is 7.05 Å². The maximum Gasteiger partial charge on any atom is 0.0664 e. The van der Waals surface area contributed by atoms with Gasteiger partial charge in [-0.1, -0.05) is 35.7 Å². The molecule has 0 aliphatic carbocycles. The molecule has 1 aromatic rings. The predicted molar refractivity (Wildman–Crippen MR) is 59.1 cm³/mol. The van der Waals surface area contributed by atoms with Crippen molar-refractivity contribution in [2.45, 2.75) is 37.9 Å². The minimum atomic E-state index is 0.919. The van der Waals surface area contributed by atoms with Crippen molar-refractivity contribution in [1.82, 2.24) is 9.78 Å². The van der Waals surface area contributed by atoms with Crippen molar-refractivity contribution in [2.75, 3.05) is 0 Å². The fourth-order valence-corrected chi connectivity index (χ4v) is 1.92. The molecular formula is C10H17BrN2. The summed E-state index contributed by atoms with van der Waals surface area (Å²) in [6.07, 6.45) is 7.05. The van der Waals surface area contributed by atoms with Crippen LogP contribution in [0.2, 0.25) is 0 Å². The van der Waals surface area contributed by atoms with Crippen LogP contribution in [0.25, 0.3) is 0 Å². The molecule has 0 saturated heterocycles. The van der Waals surface area contributed by atoms with Crippen LogP contribution in [0, 0.1) is 0 Å². The molecule has 0 spiro atoms. The molecule has 1 aromatic heterocycles. The minimum Gasteiger partial charge on any atom is -0.275 e. The first kappa shape index (κ1) is 10.8. The van der Waals surface area contributed by atoms with Crippen molar-refractivity contribution in [1.29, 1.82) is 0 Å². The number of halogens is 1. The fraction of sp³-hybridized carbons (Fsp3) is 0.700. The van der Waals surface area contributed by atoms with Gasteiger partial charge in [-0.2, -0.15) is 5.10 Å². The first-order valence-corrected chi connectivity index (χ1v) is 5.97.